The van der Waals surface area contributed by atoms with Gasteiger partial charge < -0.3 is 9.47 Å². The maximum absolute atomic E-state index is 12.6. The summed E-state index contributed by atoms with van der Waals surface area (Å²) < 4.78 is 10.8. The minimum absolute atomic E-state index is 0.178. The van der Waals surface area contributed by atoms with Gasteiger partial charge in [0.05, 0.1) is 24.3 Å². The molecule has 0 unspecified atom stereocenters. The molecule has 0 atom stereocenters. The Kier molecular flexibility index (Phi) is 12.8. The number of rotatable bonds is 14. The number of ether oxygens (including phenoxy) is 2. The van der Waals surface area contributed by atoms with Gasteiger partial charge >= 0.3 is 11.9 Å². The molecule has 1 aromatic rings. The number of hydrogen-bond donors (Lipinski definition) is 0. The predicted molar refractivity (Wildman–Crippen MR) is 123 cm³/mol. The zero-order chi connectivity index (χ0) is 22.5. The fourth-order valence-corrected chi connectivity index (χ4v) is 3.33. The van der Waals surface area contributed by atoms with Crippen LogP contribution in [0.3, 0.4) is 0 Å². The first-order chi connectivity index (χ1) is 14.2. The van der Waals surface area contributed by atoms with Crippen molar-refractivity contribution in [3.05, 3.63) is 33.8 Å². The van der Waals surface area contributed by atoms with Crippen LogP contribution in [-0.2, 0) is 9.47 Å². The first kappa shape index (κ1) is 26.5. The van der Waals surface area contributed by atoms with Crippen molar-refractivity contribution in [1.29, 1.82) is 0 Å². The summed E-state index contributed by atoms with van der Waals surface area (Å²) in [6, 6.07) is 3.12. The lowest BCUT2D eigenvalue weighted by atomic mass is 10.0. The van der Waals surface area contributed by atoms with Crippen LogP contribution < -0.4 is 0 Å². The van der Waals surface area contributed by atoms with Gasteiger partial charge in [0.1, 0.15) is 0 Å². The van der Waals surface area contributed by atoms with Crippen molar-refractivity contribution in [1.82, 2.24) is 0 Å². The van der Waals surface area contributed by atoms with Crippen LogP contribution >= 0.6 is 11.6 Å². The highest BCUT2D eigenvalue weighted by atomic mass is 35.5. The topological polar surface area (TPSA) is 52.6 Å². The van der Waals surface area contributed by atoms with Gasteiger partial charge in [0.25, 0.3) is 0 Å². The Labute approximate surface area is 187 Å². The van der Waals surface area contributed by atoms with Crippen LogP contribution in [0.4, 0.5) is 0 Å². The molecule has 0 heterocycles. The second-order valence-corrected chi connectivity index (χ2v) is 9.31. The quantitative estimate of drug-likeness (QED) is 0.224. The number of benzene rings is 1. The van der Waals surface area contributed by atoms with E-state index in [0.29, 0.717) is 30.1 Å². The molecule has 0 fully saturated rings. The number of carbonyl (C=O) groups excluding carboxylic acids is 2. The van der Waals surface area contributed by atoms with E-state index in [2.05, 4.69) is 27.7 Å². The lowest BCUT2D eigenvalue weighted by molar-refractivity contribution is 0.0450. The Balaban J connectivity index is 2.59. The standard InChI is InChI=1S/C25H39ClO4/c1-18(2)12-8-6-10-14-29-24(27)21-16-20(5)23(26)17-22(21)25(28)30-15-11-7-9-13-19(3)4/h16-19H,6-15H2,1-5H3. The molecular formula is C25H39ClO4. The maximum atomic E-state index is 12.6. The van der Waals surface area contributed by atoms with Crippen LogP contribution in [-0.4, -0.2) is 25.2 Å². The molecule has 0 aliphatic rings. The number of hydrogen-bond acceptors (Lipinski definition) is 4. The maximum Gasteiger partial charge on any atom is 0.339 e. The van der Waals surface area contributed by atoms with Gasteiger partial charge in [0, 0.05) is 5.02 Å². The molecule has 30 heavy (non-hydrogen) atoms. The average Bonchev–Trinajstić information content (AvgIpc) is 2.68. The third-order valence-electron chi connectivity index (χ3n) is 5.06. The Hall–Kier alpha value is -1.55. The Morgan fingerprint density at radius 1 is 0.767 bits per heavy atom. The van der Waals surface area contributed by atoms with Gasteiger partial charge in [-0.3, -0.25) is 0 Å². The van der Waals surface area contributed by atoms with Gasteiger partial charge in [-0.05, 0) is 49.3 Å². The highest BCUT2D eigenvalue weighted by molar-refractivity contribution is 6.32. The van der Waals surface area contributed by atoms with Crippen molar-refractivity contribution in [2.24, 2.45) is 11.8 Å². The molecule has 0 aromatic heterocycles. The SMILES string of the molecule is Cc1cc(C(=O)OCCCCCC(C)C)c(C(=O)OCCCCCC(C)C)cc1Cl. The summed E-state index contributed by atoms with van der Waals surface area (Å²) in [7, 11) is 0. The normalized spacial score (nSPS) is 11.2. The van der Waals surface area contributed by atoms with E-state index >= 15 is 0 Å². The molecule has 0 radical (unpaired) electrons. The van der Waals surface area contributed by atoms with Gasteiger partial charge in [0.2, 0.25) is 0 Å². The van der Waals surface area contributed by atoms with Gasteiger partial charge in [-0.1, -0.05) is 77.8 Å². The van der Waals surface area contributed by atoms with E-state index < -0.39 is 11.9 Å². The van der Waals surface area contributed by atoms with E-state index in [4.69, 9.17) is 21.1 Å². The second-order valence-electron chi connectivity index (χ2n) is 8.91. The number of unbranched alkanes of at least 4 members (excludes halogenated alkanes) is 4. The second kappa shape index (κ2) is 14.5. The monoisotopic (exact) mass is 438 g/mol. The molecule has 0 aliphatic heterocycles. The summed E-state index contributed by atoms with van der Waals surface area (Å²) in [6.45, 7) is 11.3. The lowest BCUT2D eigenvalue weighted by Crippen LogP contribution is -2.15. The number of halogens is 1. The molecule has 0 bridgehead atoms. The fourth-order valence-electron chi connectivity index (χ4n) is 3.17. The minimum Gasteiger partial charge on any atom is -0.462 e. The van der Waals surface area contributed by atoms with E-state index in [-0.39, 0.29) is 11.1 Å². The first-order valence-corrected chi connectivity index (χ1v) is 11.7. The van der Waals surface area contributed by atoms with E-state index in [9.17, 15) is 9.59 Å². The fraction of sp³-hybridized carbons (Fsp3) is 0.680. The minimum atomic E-state index is -0.523. The van der Waals surface area contributed by atoms with Gasteiger partial charge in [-0.2, -0.15) is 0 Å². The van der Waals surface area contributed by atoms with Crippen LogP contribution in [0.1, 0.15) is 105 Å². The highest BCUT2D eigenvalue weighted by Gasteiger charge is 2.21. The molecule has 1 aromatic carbocycles. The van der Waals surface area contributed by atoms with E-state index in [1.807, 2.05) is 0 Å². The molecule has 170 valence electrons. The predicted octanol–water partition coefficient (Wildman–Crippen LogP) is 7.39. The van der Waals surface area contributed by atoms with E-state index in [1.54, 1.807) is 13.0 Å². The van der Waals surface area contributed by atoms with Gasteiger partial charge in [0.15, 0.2) is 0 Å². The van der Waals surface area contributed by atoms with Gasteiger partial charge in [-0.15, -0.1) is 0 Å². The van der Waals surface area contributed by atoms with Crippen LogP contribution in [0.5, 0.6) is 0 Å². The number of esters is 2. The molecular weight excluding hydrogens is 400 g/mol. The smallest absolute Gasteiger partial charge is 0.339 e. The molecule has 1 rings (SSSR count). The highest BCUT2D eigenvalue weighted by Crippen LogP contribution is 2.23. The summed E-state index contributed by atoms with van der Waals surface area (Å²) in [5, 5.41) is 0.434. The third kappa shape index (κ3) is 10.5. The molecule has 0 amide bonds. The summed E-state index contributed by atoms with van der Waals surface area (Å²) in [5.74, 6) is 0.353. The largest absolute Gasteiger partial charge is 0.462 e. The zero-order valence-corrected chi connectivity index (χ0v) is 20.1. The molecule has 5 heteroatoms. The van der Waals surface area contributed by atoms with Crippen LogP contribution in [0, 0.1) is 18.8 Å². The van der Waals surface area contributed by atoms with Crippen molar-refractivity contribution in [3.8, 4) is 0 Å². The van der Waals surface area contributed by atoms with Crippen LogP contribution in [0.15, 0.2) is 12.1 Å². The number of aryl methyl sites for hydroxylation is 1. The molecule has 0 saturated carbocycles. The summed E-state index contributed by atoms with van der Waals surface area (Å²) in [5.41, 5.74) is 1.13. The molecule has 0 spiro atoms. The average molecular weight is 439 g/mol. The molecule has 0 aliphatic carbocycles. The Morgan fingerprint density at radius 2 is 1.20 bits per heavy atom. The molecule has 0 saturated heterocycles. The van der Waals surface area contributed by atoms with Crippen molar-refractivity contribution in [3.63, 3.8) is 0 Å². The molecule has 4 nitrogen and oxygen atoms in total. The summed E-state index contributed by atoms with van der Waals surface area (Å²) >= 11 is 6.19. The van der Waals surface area contributed by atoms with E-state index in [1.165, 1.54) is 18.9 Å². The van der Waals surface area contributed by atoms with Crippen molar-refractivity contribution >= 4 is 23.5 Å². The summed E-state index contributed by atoms with van der Waals surface area (Å²) in [6.07, 6.45) is 8.29. The lowest BCUT2D eigenvalue weighted by Gasteiger charge is -2.12. The van der Waals surface area contributed by atoms with Crippen molar-refractivity contribution < 1.29 is 19.1 Å². The first-order valence-electron chi connectivity index (χ1n) is 11.4. The zero-order valence-electron chi connectivity index (χ0n) is 19.4. The van der Waals surface area contributed by atoms with E-state index in [0.717, 1.165) is 44.1 Å². The summed E-state index contributed by atoms with van der Waals surface area (Å²) in [4.78, 5) is 25.1. The Morgan fingerprint density at radius 3 is 1.63 bits per heavy atom. The Bertz CT molecular complexity index is 610. The van der Waals surface area contributed by atoms with Gasteiger partial charge in [-0.25, -0.2) is 9.59 Å². The van der Waals surface area contributed by atoms with Crippen LogP contribution in [0.2, 0.25) is 5.02 Å². The number of carbonyl (C=O) groups is 2. The van der Waals surface area contributed by atoms with Crippen LogP contribution in [0.25, 0.3) is 0 Å². The van der Waals surface area contributed by atoms with Crippen molar-refractivity contribution in [2.75, 3.05) is 13.2 Å². The third-order valence-corrected chi connectivity index (χ3v) is 5.46. The van der Waals surface area contributed by atoms with Crippen molar-refractivity contribution in [2.45, 2.75) is 86.0 Å². The molecule has 0 N–H and O–H groups in total.